The summed E-state index contributed by atoms with van der Waals surface area (Å²) >= 11 is 0. The van der Waals surface area contributed by atoms with Gasteiger partial charge in [0, 0.05) is 32.2 Å². The maximum absolute atomic E-state index is 6.29. The smallest absolute Gasteiger partial charge is 0.0569 e. The maximum atomic E-state index is 6.29. The van der Waals surface area contributed by atoms with Crippen molar-refractivity contribution >= 4 is 5.69 Å². The lowest BCUT2D eigenvalue weighted by Crippen LogP contribution is -2.14. The van der Waals surface area contributed by atoms with E-state index in [1.165, 1.54) is 11.3 Å². The van der Waals surface area contributed by atoms with Crippen LogP contribution in [0, 0.1) is 6.92 Å². The van der Waals surface area contributed by atoms with Crippen LogP contribution in [-0.2, 0) is 0 Å². The summed E-state index contributed by atoms with van der Waals surface area (Å²) in [4.78, 5) is 6.22. The van der Waals surface area contributed by atoms with Crippen molar-refractivity contribution in [3.8, 4) is 0 Å². The van der Waals surface area contributed by atoms with E-state index >= 15 is 0 Å². The van der Waals surface area contributed by atoms with Crippen LogP contribution in [0.2, 0.25) is 0 Å². The molecule has 0 bridgehead atoms. The Balaban J connectivity index is 2.29. The number of pyridine rings is 1. The normalized spacial score (nSPS) is 12.2. The first kappa shape index (κ1) is 12.6. The Bertz CT molecular complexity index is 518. The topological polar surface area (TPSA) is 42.1 Å². The maximum Gasteiger partial charge on any atom is 0.0569 e. The third-order valence-electron chi connectivity index (χ3n) is 3.18. The first-order chi connectivity index (χ1) is 8.59. The molecule has 0 aliphatic rings. The third kappa shape index (κ3) is 2.51. The monoisotopic (exact) mass is 241 g/mol. The number of hydrogen-bond acceptors (Lipinski definition) is 3. The highest BCUT2D eigenvalue weighted by atomic mass is 15.1. The van der Waals surface area contributed by atoms with E-state index in [0.717, 1.165) is 11.1 Å². The molecule has 0 aliphatic carbocycles. The highest BCUT2D eigenvalue weighted by Gasteiger charge is 2.11. The minimum atomic E-state index is -0.116. The number of rotatable bonds is 3. The minimum absolute atomic E-state index is 0.116. The predicted molar refractivity (Wildman–Crippen MR) is 75.8 cm³/mol. The van der Waals surface area contributed by atoms with E-state index in [-0.39, 0.29) is 6.04 Å². The predicted octanol–water partition coefficient (Wildman–Crippen LogP) is 2.50. The van der Waals surface area contributed by atoms with E-state index in [9.17, 15) is 0 Å². The molecule has 0 spiro atoms. The molecule has 0 saturated heterocycles. The molecule has 1 atom stereocenters. The number of nitrogens with zero attached hydrogens (tertiary/aromatic N) is 2. The van der Waals surface area contributed by atoms with Crippen LogP contribution >= 0.6 is 0 Å². The van der Waals surface area contributed by atoms with E-state index in [1.54, 1.807) is 6.20 Å². The molecular weight excluding hydrogens is 222 g/mol. The summed E-state index contributed by atoms with van der Waals surface area (Å²) in [5.74, 6) is 0. The molecule has 1 aromatic heterocycles. The van der Waals surface area contributed by atoms with Gasteiger partial charge < -0.3 is 10.6 Å². The fourth-order valence-electron chi connectivity index (χ4n) is 1.96. The SMILES string of the molecule is Cc1ccncc1C(N)c1ccc(N(C)C)cc1. The van der Waals surface area contributed by atoms with E-state index < -0.39 is 0 Å². The third-order valence-corrected chi connectivity index (χ3v) is 3.18. The van der Waals surface area contributed by atoms with E-state index in [1.807, 2.05) is 26.4 Å². The van der Waals surface area contributed by atoms with E-state index in [2.05, 4.69) is 41.1 Å². The highest BCUT2D eigenvalue weighted by molar-refractivity contribution is 5.47. The Hall–Kier alpha value is -1.87. The van der Waals surface area contributed by atoms with Gasteiger partial charge in [0.2, 0.25) is 0 Å². The lowest BCUT2D eigenvalue weighted by Gasteiger charge is -2.17. The van der Waals surface area contributed by atoms with Crippen molar-refractivity contribution in [2.24, 2.45) is 5.73 Å². The van der Waals surface area contributed by atoms with Crippen LogP contribution in [0.1, 0.15) is 22.7 Å². The molecule has 18 heavy (non-hydrogen) atoms. The summed E-state index contributed by atoms with van der Waals surface area (Å²) in [5.41, 5.74) is 10.8. The lowest BCUT2D eigenvalue weighted by atomic mass is 9.97. The first-order valence-corrected chi connectivity index (χ1v) is 6.03. The second-order valence-corrected chi connectivity index (χ2v) is 4.70. The van der Waals surface area contributed by atoms with Crippen LogP contribution in [-0.4, -0.2) is 19.1 Å². The van der Waals surface area contributed by atoms with Crippen LogP contribution in [0.3, 0.4) is 0 Å². The first-order valence-electron chi connectivity index (χ1n) is 6.03. The Morgan fingerprint density at radius 2 is 1.78 bits per heavy atom. The number of aryl methyl sites for hydroxylation is 1. The highest BCUT2D eigenvalue weighted by Crippen LogP contribution is 2.23. The van der Waals surface area contributed by atoms with Gasteiger partial charge in [-0.05, 0) is 41.8 Å². The van der Waals surface area contributed by atoms with Gasteiger partial charge in [0.25, 0.3) is 0 Å². The summed E-state index contributed by atoms with van der Waals surface area (Å²) in [6.45, 7) is 2.06. The van der Waals surface area contributed by atoms with Gasteiger partial charge >= 0.3 is 0 Å². The van der Waals surface area contributed by atoms with Gasteiger partial charge in [-0.25, -0.2) is 0 Å². The Morgan fingerprint density at radius 3 is 2.33 bits per heavy atom. The van der Waals surface area contributed by atoms with Crippen LogP contribution in [0.4, 0.5) is 5.69 Å². The number of anilines is 1. The summed E-state index contributed by atoms with van der Waals surface area (Å²) < 4.78 is 0. The zero-order chi connectivity index (χ0) is 13.1. The molecule has 1 aromatic carbocycles. The average Bonchev–Trinajstić information content (AvgIpc) is 2.38. The molecule has 0 saturated carbocycles. The zero-order valence-electron chi connectivity index (χ0n) is 11.1. The summed E-state index contributed by atoms with van der Waals surface area (Å²) in [5, 5.41) is 0. The fraction of sp³-hybridized carbons (Fsp3) is 0.267. The van der Waals surface area contributed by atoms with Gasteiger partial charge in [0.15, 0.2) is 0 Å². The van der Waals surface area contributed by atoms with Crippen LogP contribution in [0.25, 0.3) is 0 Å². The quantitative estimate of drug-likeness (QED) is 0.897. The van der Waals surface area contributed by atoms with Gasteiger partial charge in [-0.15, -0.1) is 0 Å². The number of benzene rings is 1. The van der Waals surface area contributed by atoms with Crippen molar-refractivity contribution in [3.05, 3.63) is 59.4 Å². The van der Waals surface area contributed by atoms with Crippen LogP contribution < -0.4 is 10.6 Å². The fourth-order valence-corrected chi connectivity index (χ4v) is 1.96. The van der Waals surface area contributed by atoms with Crippen molar-refractivity contribution in [1.29, 1.82) is 0 Å². The minimum Gasteiger partial charge on any atom is -0.378 e. The summed E-state index contributed by atoms with van der Waals surface area (Å²) in [6.07, 6.45) is 3.64. The van der Waals surface area contributed by atoms with Crippen molar-refractivity contribution < 1.29 is 0 Å². The van der Waals surface area contributed by atoms with Gasteiger partial charge in [-0.1, -0.05) is 12.1 Å². The molecule has 1 heterocycles. The van der Waals surface area contributed by atoms with Crippen molar-refractivity contribution in [2.75, 3.05) is 19.0 Å². The second-order valence-electron chi connectivity index (χ2n) is 4.70. The van der Waals surface area contributed by atoms with Gasteiger partial charge in [-0.3, -0.25) is 4.98 Å². The lowest BCUT2D eigenvalue weighted by molar-refractivity contribution is 0.852. The van der Waals surface area contributed by atoms with Crippen molar-refractivity contribution in [3.63, 3.8) is 0 Å². The summed E-state index contributed by atoms with van der Waals surface area (Å²) in [6, 6.07) is 10.2. The second kappa shape index (κ2) is 5.19. The zero-order valence-corrected chi connectivity index (χ0v) is 11.1. The van der Waals surface area contributed by atoms with Gasteiger partial charge in [-0.2, -0.15) is 0 Å². The molecule has 0 aliphatic heterocycles. The van der Waals surface area contributed by atoms with E-state index in [0.29, 0.717) is 0 Å². The summed E-state index contributed by atoms with van der Waals surface area (Å²) in [7, 11) is 4.06. The van der Waals surface area contributed by atoms with Crippen molar-refractivity contribution in [1.82, 2.24) is 4.98 Å². The molecule has 0 radical (unpaired) electrons. The molecule has 2 rings (SSSR count). The molecule has 0 fully saturated rings. The Kier molecular flexibility index (Phi) is 3.63. The molecule has 94 valence electrons. The van der Waals surface area contributed by atoms with Gasteiger partial charge in [0.1, 0.15) is 0 Å². The standard InChI is InChI=1S/C15H19N3/c1-11-8-9-17-10-14(11)15(16)12-4-6-13(7-5-12)18(2)3/h4-10,15H,16H2,1-3H3. The van der Waals surface area contributed by atoms with Crippen molar-refractivity contribution in [2.45, 2.75) is 13.0 Å². The average molecular weight is 241 g/mol. The molecule has 2 N–H and O–H groups in total. The number of nitrogens with two attached hydrogens (primary N) is 1. The molecule has 3 nitrogen and oxygen atoms in total. The molecule has 2 aromatic rings. The number of aromatic nitrogens is 1. The molecule has 3 heteroatoms. The van der Waals surface area contributed by atoms with Gasteiger partial charge in [0.05, 0.1) is 6.04 Å². The molecular formula is C15H19N3. The largest absolute Gasteiger partial charge is 0.378 e. The Morgan fingerprint density at radius 1 is 1.11 bits per heavy atom. The Labute approximate surface area is 108 Å². The molecule has 0 amide bonds. The van der Waals surface area contributed by atoms with Crippen LogP contribution in [0.5, 0.6) is 0 Å². The van der Waals surface area contributed by atoms with Crippen LogP contribution in [0.15, 0.2) is 42.7 Å². The molecule has 1 unspecified atom stereocenters. The number of hydrogen-bond donors (Lipinski definition) is 1. The van der Waals surface area contributed by atoms with E-state index in [4.69, 9.17) is 5.73 Å².